The molecule has 0 atom stereocenters. The smallest absolute Gasteiger partial charge is 0.191 e. The highest BCUT2D eigenvalue weighted by molar-refractivity contribution is 14.0. The zero-order valence-corrected chi connectivity index (χ0v) is 20.3. The second-order valence-corrected chi connectivity index (χ2v) is 8.88. The summed E-state index contributed by atoms with van der Waals surface area (Å²) in [7, 11) is 1.87. The minimum absolute atomic E-state index is 0. The summed E-state index contributed by atoms with van der Waals surface area (Å²) in [6.45, 7) is 6.01. The number of halogens is 1. The third kappa shape index (κ3) is 7.07. The summed E-state index contributed by atoms with van der Waals surface area (Å²) in [4.78, 5) is 7.01. The third-order valence-corrected chi connectivity index (χ3v) is 7.23. The average molecular weight is 519 g/mol. The van der Waals surface area contributed by atoms with E-state index in [1.165, 1.54) is 5.56 Å². The van der Waals surface area contributed by atoms with Crippen LogP contribution in [0.25, 0.3) is 0 Å². The molecular weight excluding hydrogens is 483 g/mol. The summed E-state index contributed by atoms with van der Waals surface area (Å²) >= 11 is 1.96. The van der Waals surface area contributed by atoms with Crippen LogP contribution in [0.5, 0.6) is 0 Å². The fourth-order valence-electron chi connectivity index (χ4n) is 3.91. The molecular formula is C21H35IN4OS. The second kappa shape index (κ2) is 12.2. The molecule has 2 N–H and O–H groups in total. The number of likely N-dealkylation sites (tertiary alicyclic amines) is 1. The number of nitrogens with zero attached hydrogens (tertiary/aromatic N) is 2. The van der Waals surface area contributed by atoms with Crippen LogP contribution in [0.2, 0.25) is 0 Å². The maximum Gasteiger partial charge on any atom is 0.191 e. The minimum atomic E-state index is 0. The van der Waals surface area contributed by atoms with Crippen molar-refractivity contribution in [1.29, 1.82) is 0 Å². The number of ether oxygens (including phenoxy) is 1. The fourth-order valence-corrected chi connectivity index (χ4v) is 4.70. The number of guanidine groups is 1. The van der Waals surface area contributed by atoms with E-state index in [4.69, 9.17) is 4.74 Å². The number of nitrogens with one attached hydrogen (secondary N) is 2. The number of piperidine rings is 1. The molecule has 0 aliphatic carbocycles. The first kappa shape index (κ1) is 23.8. The molecule has 1 aromatic carbocycles. The molecule has 0 unspecified atom stereocenters. The molecule has 0 radical (unpaired) electrons. The van der Waals surface area contributed by atoms with Crippen LogP contribution in [-0.4, -0.2) is 67.8 Å². The van der Waals surface area contributed by atoms with Crippen molar-refractivity contribution in [2.75, 3.05) is 46.2 Å². The third-order valence-electron chi connectivity index (χ3n) is 5.82. The van der Waals surface area contributed by atoms with Gasteiger partial charge in [-0.15, -0.1) is 24.0 Å². The zero-order valence-electron chi connectivity index (χ0n) is 17.2. The Morgan fingerprint density at radius 2 is 1.89 bits per heavy atom. The van der Waals surface area contributed by atoms with E-state index in [1.54, 1.807) is 0 Å². The Morgan fingerprint density at radius 1 is 1.21 bits per heavy atom. The Morgan fingerprint density at radius 3 is 2.50 bits per heavy atom. The van der Waals surface area contributed by atoms with E-state index in [1.807, 2.05) is 18.8 Å². The Balaban J connectivity index is 0.00000280. The Labute approximate surface area is 191 Å². The monoisotopic (exact) mass is 518 g/mol. The lowest BCUT2D eigenvalue weighted by Crippen LogP contribution is -2.52. The van der Waals surface area contributed by atoms with Gasteiger partial charge in [-0.25, -0.2) is 0 Å². The highest BCUT2D eigenvalue weighted by Crippen LogP contribution is 2.32. The van der Waals surface area contributed by atoms with Crippen molar-refractivity contribution in [3.8, 4) is 0 Å². The zero-order chi connectivity index (χ0) is 19.0. The van der Waals surface area contributed by atoms with Gasteiger partial charge in [0.1, 0.15) is 0 Å². The summed E-state index contributed by atoms with van der Waals surface area (Å²) in [5.74, 6) is 0.941. The van der Waals surface area contributed by atoms with Gasteiger partial charge in [-0.1, -0.05) is 30.3 Å². The largest absolute Gasteiger partial charge is 0.381 e. The molecule has 2 fully saturated rings. The first-order valence-corrected chi connectivity index (χ1v) is 11.3. The predicted octanol–water partition coefficient (Wildman–Crippen LogP) is 3.35. The summed E-state index contributed by atoms with van der Waals surface area (Å²) in [6, 6.07) is 11.3. The van der Waals surface area contributed by atoms with Gasteiger partial charge in [0.2, 0.25) is 0 Å². The van der Waals surface area contributed by atoms with Crippen molar-refractivity contribution in [2.24, 2.45) is 4.99 Å². The quantitative estimate of drug-likeness (QED) is 0.344. The maximum atomic E-state index is 5.54. The minimum Gasteiger partial charge on any atom is -0.381 e. The lowest BCUT2D eigenvalue weighted by Gasteiger charge is -2.37. The van der Waals surface area contributed by atoms with E-state index < -0.39 is 0 Å². The van der Waals surface area contributed by atoms with Gasteiger partial charge in [0.15, 0.2) is 5.96 Å². The summed E-state index contributed by atoms with van der Waals surface area (Å²) < 4.78 is 5.81. The maximum absolute atomic E-state index is 5.54. The molecule has 2 aliphatic rings. The molecule has 0 bridgehead atoms. The molecule has 0 spiro atoms. The van der Waals surface area contributed by atoms with Gasteiger partial charge in [-0.05, 0) is 37.5 Å². The summed E-state index contributed by atoms with van der Waals surface area (Å²) in [5, 5.41) is 7.22. The van der Waals surface area contributed by atoms with Crippen LogP contribution >= 0.6 is 35.7 Å². The first-order valence-electron chi connectivity index (χ1n) is 10.1. The van der Waals surface area contributed by atoms with Crippen LogP contribution in [0.3, 0.4) is 0 Å². The van der Waals surface area contributed by atoms with Crippen molar-refractivity contribution in [3.05, 3.63) is 35.9 Å². The molecule has 158 valence electrons. The topological polar surface area (TPSA) is 48.9 Å². The van der Waals surface area contributed by atoms with Gasteiger partial charge in [0, 0.05) is 57.2 Å². The predicted molar refractivity (Wildman–Crippen MR) is 131 cm³/mol. The molecule has 2 heterocycles. The van der Waals surface area contributed by atoms with E-state index >= 15 is 0 Å². The molecule has 0 saturated carbocycles. The summed E-state index contributed by atoms with van der Waals surface area (Å²) in [5.41, 5.74) is 1.40. The number of benzene rings is 1. The van der Waals surface area contributed by atoms with E-state index in [9.17, 15) is 0 Å². The van der Waals surface area contributed by atoms with Crippen LogP contribution in [0, 0.1) is 0 Å². The molecule has 0 aromatic heterocycles. The Hall–Kier alpha value is -0.510. The Kier molecular flexibility index (Phi) is 10.4. The molecule has 28 heavy (non-hydrogen) atoms. The van der Waals surface area contributed by atoms with Gasteiger partial charge >= 0.3 is 0 Å². The van der Waals surface area contributed by atoms with Crippen molar-refractivity contribution in [2.45, 2.75) is 43.0 Å². The second-order valence-electron chi connectivity index (χ2n) is 7.61. The number of thioether (sulfide) groups is 1. The molecule has 0 amide bonds. The molecule has 5 nitrogen and oxygen atoms in total. The lowest BCUT2D eigenvalue weighted by molar-refractivity contribution is 0.0782. The fraction of sp³-hybridized carbons (Fsp3) is 0.667. The lowest BCUT2D eigenvalue weighted by atomic mass is 9.99. The van der Waals surface area contributed by atoms with Crippen molar-refractivity contribution < 1.29 is 4.74 Å². The van der Waals surface area contributed by atoms with Crippen molar-refractivity contribution in [3.63, 3.8) is 0 Å². The molecule has 1 aromatic rings. The van der Waals surface area contributed by atoms with Gasteiger partial charge < -0.3 is 15.4 Å². The van der Waals surface area contributed by atoms with Crippen LogP contribution in [0.4, 0.5) is 0 Å². The van der Waals surface area contributed by atoms with Gasteiger partial charge in [-0.2, -0.15) is 11.8 Å². The number of rotatable bonds is 6. The van der Waals surface area contributed by atoms with Gasteiger partial charge in [0.05, 0.1) is 0 Å². The molecule has 3 rings (SSSR count). The average Bonchev–Trinajstić information content (AvgIpc) is 2.74. The molecule has 7 heteroatoms. The van der Waals surface area contributed by atoms with E-state index in [2.05, 4.69) is 57.1 Å². The summed E-state index contributed by atoms with van der Waals surface area (Å²) in [6.07, 6.45) is 6.75. The number of hydrogen-bond donors (Lipinski definition) is 2. The highest BCUT2D eigenvalue weighted by atomic mass is 127. The van der Waals surface area contributed by atoms with Gasteiger partial charge in [-0.3, -0.25) is 9.89 Å². The standard InChI is InChI=1S/C21H34N4OS.HI/c1-22-20(23-17-21(27-2)10-14-26-15-11-21)24-19-8-12-25(13-9-19)16-18-6-4-3-5-7-18;/h3-7,19H,8-17H2,1-2H3,(H2,22,23,24);1H. The first-order chi connectivity index (χ1) is 13.2. The van der Waals surface area contributed by atoms with Crippen molar-refractivity contribution >= 4 is 41.7 Å². The number of hydrogen-bond acceptors (Lipinski definition) is 4. The normalized spacial score (nSPS) is 21.0. The van der Waals surface area contributed by atoms with Crippen LogP contribution in [0.1, 0.15) is 31.2 Å². The van der Waals surface area contributed by atoms with E-state index in [0.717, 1.165) is 71.0 Å². The SMILES string of the molecule is CN=C(NCC1(SC)CCOCC1)NC1CCN(Cc2ccccc2)CC1.I. The van der Waals surface area contributed by atoms with Gasteiger partial charge in [0.25, 0.3) is 0 Å². The highest BCUT2D eigenvalue weighted by Gasteiger charge is 2.32. The van der Waals surface area contributed by atoms with E-state index in [0.29, 0.717) is 6.04 Å². The van der Waals surface area contributed by atoms with Crippen LogP contribution in [-0.2, 0) is 11.3 Å². The Bertz CT molecular complexity index is 587. The van der Waals surface area contributed by atoms with Crippen LogP contribution < -0.4 is 10.6 Å². The number of aliphatic imine (C=N–C) groups is 1. The van der Waals surface area contributed by atoms with E-state index in [-0.39, 0.29) is 28.7 Å². The van der Waals surface area contributed by atoms with Crippen LogP contribution in [0.15, 0.2) is 35.3 Å². The molecule has 2 aliphatic heterocycles. The van der Waals surface area contributed by atoms with Crippen molar-refractivity contribution in [1.82, 2.24) is 15.5 Å². The molecule has 2 saturated heterocycles.